The minimum absolute atomic E-state index is 0.175. The number of thiophene rings is 1. The van der Waals surface area contributed by atoms with Crippen molar-refractivity contribution < 1.29 is 37.0 Å². The molecule has 0 saturated carbocycles. The Kier molecular flexibility index (Phi) is 9.29. The molecule has 212 valence electrons. The number of aromatic nitrogens is 3. The van der Waals surface area contributed by atoms with Crippen molar-refractivity contribution in [3.05, 3.63) is 60.0 Å². The Hall–Kier alpha value is -4.08. The number of oxazole rings is 1. The fourth-order valence-electron chi connectivity index (χ4n) is 4.64. The van der Waals surface area contributed by atoms with Gasteiger partial charge >= 0.3 is 0 Å². The SMILES string of the molecule is O=CO.O=CO.O=S(=O)(c1ccc(-c2cnco2)s1)N1CCc2[nH]nc(-c3cc(F)cc(N4CCCC4)c3)c2C1. The number of sulfonamides is 1. The van der Waals surface area contributed by atoms with Crippen LogP contribution in [-0.2, 0) is 32.6 Å². The van der Waals surface area contributed by atoms with Gasteiger partial charge in [0.2, 0.25) is 0 Å². The van der Waals surface area contributed by atoms with E-state index in [2.05, 4.69) is 20.1 Å². The predicted molar refractivity (Wildman–Crippen MR) is 144 cm³/mol. The number of nitrogens with one attached hydrogen (secondary N) is 1. The summed E-state index contributed by atoms with van der Waals surface area (Å²) < 4.78 is 48.4. The van der Waals surface area contributed by atoms with Crippen LogP contribution in [0.4, 0.5) is 10.1 Å². The summed E-state index contributed by atoms with van der Waals surface area (Å²) in [6.07, 6.45) is 5.57. The fourth-order valence-corrected chi connectivity index (χ4v) is 7.46. The van der Waals surface area contributed by atoms with Crippen LogP contribution in [0, 0.1) is 5.82 Å². The molecule has 3 aromatic heterocycles. The minimum atomic E-state index is -3.72. The molecule has 0 aliphatic carbocycles. The highest BCUT2D eigenvalue weighted by atomic mass is 32.2. The van der Waals surface area contributed by atoms with Crippen LogP contribution in [0.3, 0.4) is 0 Å². The molecule has 4 aromatic rings. The summed E-state index contributed by atoms with van der Waals surface area (Å²) in [6, 6.07) is 8.28. The molecule has 0 spiro atoms. The maximum absolute atomic E-state index is 14.5. The monoisotopic (exact) mass is 591 g/mol. The van der Waals surface area contributed by atoms with Crippen molar-refractivity contribution >= 4 is 40.0 Å². The summed E-state index contributed by atoms with van der Waals surface area (Å²) in [5.41, 5.74) is 3.77. The fraction of sp³-hybridized carbons (Fsp3) is 0.280. The topological polar surface area (TPSA) is 170 Å². The summed E-state index contributed by atoms with van der Waals surface area (Å²) in [5.74, 6) is 0.208. The second-order valence-electron chi connectivity index (χ2n) is 8.71. The largest absolute Gasteiger partial charge is 0.483 e. The second kappa shape index (κ2) is 12.8. The van der Waals surface area contributed by atoms with Crippen molar-refractivity contribution in [3.8, 4) is 21.9 Å². The minimum Gasteiger partial charge on any atom is -0.483 e. The van der Waals surface area contributed by atoms with Gasteiger partial charge in [0.05, 0.1) is 16.8 Å². The summed E-state index contributed by atoms with van der Waals surface area (Å²) in [6.45, 7) is 1.83. The molecule has 0 bridgehead atoms. The number of H-pyrrole nitrogens is 1. The van der Waals surface area contributed by atoms with Gasteiger partial charge in [0.15, 0.2) is 12.2 Å². The number of anilines is 1. The van der Waals surface area contributed by atoms with Crippen LogP contribution in [-0.4, -0.2) is 70.7 Å². The van der Waals surface area contributed by atoms with E-state index in [1.54, 1.807) is 24.4 Å². The van der Waals surface area contributed by atoms with E-state index in [9.17, 15) is 12.8 Å². The van der Waals surface area contributed by atoms with Crippen molar-refractivity contribution in [2.24, 2.45) is 0 Å². The zero-order valence-electron chi connectivity index (χ0n) is 21.1. The molecule has 40 heavy (non-hydrogen) atoms. The summed E-state index contributed by atoms with van der Waals surface area (Å²) in [5, 5.41) is 21.3. The first-order valence-corrected chi connectivity index (χ1v) is 14.3. The summed E-state index contributed by atoms with van der Waals surface area (Å²) in [4.78, 5) is 23.5. The number of hydrogen-bond donors (Lipinski definition) is 3. The average Bonchev–Trinajstić information content (AvgIpc) is 3.76. The molecular formula is C25H26FN5O7S2. The lowest BCUT2D eigenvalue weighted by Gasteiger charge is -2.26. The highest BCUT2D eigenvalue weighted by Gasteiger charge is 2.33. The third kappa shape index (κ3) is 6.21. The highest BCUT2D eigenvalue weighted by molar-refractivity contribution is 7.91. The first-order valence-electron chi connectivity index (χ1n) is 12.1. The molecule has 0 radical (unpaired) electrons. The van der Waals surface area contributed by atoms with E-state index in [1.165, 1.54) is 16.8 Å². The maximum atomic E-state index is 14.5. The average molecular weight is 592 g/mol. The van der Waals surface area contributed by atoms with Gasteiger partial charge in [-0.3, -0.25) is 14.7 Å². The van der Waals surface area contributed by atoms with Gasteiger partial charge in [0, 0.05) is 55.1 Å². The molecule has 0 amide bonds. The molecule has 3 N–H and O–H groups in total. The Morgan fingerprint density at radius 3 is 2.48 bits per heavy atom. The summed E-state index contributed by atoms with van der Waals surface area (Å²) >= 11 is 1.15. The van der Waals surface area contributed by atoms with E-state index in [-0.39, 0.29) is 29.5 Å². The zero-order chi connectivity index (χ0) is 28.7. The van der Waals surface area contributed by atoms with Crippen molar-refractivity contribution in [3.63, 3.8) is 0 Å². The van der Waals surface area contributed by atoms with Gasteiger partial charge < -0.3 is 19.5 Å². The number of carboxylic acid groups (broad SMARTS) is 2. The van der Waals surface area contributed by atoms with Crippen LogP contribution in [0.15, 0.2) is 51.5 Å². The molecule has 2 aliphatic rings. The number of fused-ring (bicyclic) bond motifs is 1. The molecule has 12 nitrogen and oxygen atoms in total. The molecule has 1 fully saturated rings. The van der Waals surface area contributed by atoms with E-state index in [1.807, 2.05) is 6.07 Å². The smallest absolute Gasteiger partial charge is 0.290 e. The van der Waals surface area contributed by atoms with E-state index >= 15 is 0 Å². The molecule has 6 rings (SSSR count). The number of hydrogen-bond acceptors (Lipinski definition) is 9. The van der Waals surface area contributed by atoms with E-state index < -0.39 is 10.0 Å². The first-order chi connectivity index (χ1) is 19.3. The normalized spacial score (nSPS) is 14.9. The number of nitrogens with zero attached hydrogens (tertiary/aromatic N) is 4. The van der Waals surface area contributed by atoms with Gasteiger partial charge in [-0.05, 0) is 43.2 Å². The van der Waals surface area contributed by atoms with Gasteiger partial charge in [-0.15, -0.1) is 11.3 Å². The van der Waals surface area contributed by atoms with Crippen LogP contribution >= 0.6 is 11.3 Å². The van der Waals surface area contributed by atoms with Gasteiger partial charge in [-0.1, -0.05) is 0 Å². The number of rotatable bonds is 5. The molecule has 2 aliphatic heterocycles. The predicted octanol–water partition coefficient (Wildman–Crippen LogP) is 3.68. The molecule has 5 heterocycles. The standard InChI is InChI=1S/C23H22FN5O3S2.2CH2O2/c24-16-9-15(10-17(11-16)28-6-1-2-7-28)23-18-13-29(8-5-19(18)26-27-23)34(30,31)22-4-3-21(33-22)20-12-25-14-32-20;2*2-1-3/h3-4,9-12,14H,1-2,5-8,13H2,(H,26,27);2*1H,(H,2,3). The van der Waals surface area contributed by atoms with Gasteiger partial charge in [0.1, 0.15) is 10.0 Å². The first kappa shape index (κ1) is 28.9. The van der Waals surface area contributed by atoms with Gasteiger partial charge in [-0.2, -0.15) is 9.40 Å². The van der Waals surface area contributed by atoms with E-state index in [0.717, 1.165) is 54.2 Å². The molecule has 0 atom stereocenters. The molecular weight excluding hydrogens is 565 g/mol. The number of carbonyl (C=O) groups is 2. The van der Waals surface area contributed by atoms with Gasteiger partial charge in [0.25, 0.3) is 23.0 Å². The Morgan fingerprint density at radius 2 is 1.80 bits per heavy atom. The quantitative estimate of drug-likeness (QED) is 0.291. The number of benzene rings is 1. The van der Waals surface area contributed by atoms with Crippen molar-refractivity contribution in [1.29, 1.82) is 0 Å². The van der Waals surface area contributed by atoms with Gasteiger partial charge in [-0.25, -0.2) is 17.8 Å². The third-order valence-corrected chi connectivity index (χ3v) is 9.79. The Morgan fingerprint density at radius 1 is 1.07 bits per heavy atom. The zero-order valence-corrected chi connectivity index (χ0v) is 22.7. The highest BCUT2D eigenvalue weighted by Crippen LogP contribution is 2.36. The van der Waals surface area contributed by atoms with Crippen molar-refractivity contribution in [1.82, 2.24) is 19.5 Å². The van der Waals surface area contributed by atoms with E-state index in [0.29, 0.717) is 34.9 Å². The Bertz CT molecular complexity index is 1540. The third-order valence-electron chi connectivity index (χ3n) is 6.38. The molecule has 1 aromatic carbocycles. The number of aromatic amines is 1. The van der Waals surface area contributed by atoms with Crippen LogP contribution in [0.2, 0.25) is 0 Å². The Labute approximate surface area is 232 Å². The lowest BCUT2D eigenvalue weighted by Crippen LogP contribution is -2.35. The van der Waals surface area contributed by atoms with E-state index in [4.69, 9.17) is 24.2 Å². The van der Waals surface area contributed by atoms with Crippen LogP contribution in [0.1, 0.15) is 24.1 Å². The summed E-state index contributed by atoms with van der Waals surface area (Å²) in [7, 11) is -3.72. The number of halogens is 1. The lowest BCUT2D eigenvalue weighted by atomic mass is 10.0. The van der Waals surface area contributed by atoms with Crippen LogP contribution in [0.25, 0.3) is 21.9 Å². The molecule has 15 heteroatoms. The maximum Gasteiger partial charge on any atom is 0.290 e. The van der Waals surface area contributed by atoms with Crippen molar-refractivity contribution in [2.75, 3.05) is 24.5 Å². The second-order valence-corrected chi connectivity index (χ2v) is 12.0. The lowest BCUT2D eigenvalue weighted by molar-refractivity contribution is -0.123. The molecule has 0 unspecified atom stereocenters. The van der Waals surface area contributed by atoms with Crippen LogP contribution in [0.5, 0.6) is 0 Å². The van der Waals surface area contributed by atoms with Crippen molar-refractivity contribution in [2.45, 2.75) is 30.0 Å². The Balaban J connectivity index is 0.000000568. The molecule has 1 saturated heterocycles. The van der Waals surface area contributed by atoms with Crippen LogP contribution < -0.4 is 4.90 Å².